The number of benzene rings is 1. The molecule has 0 aliphatic carbocycles. The van der Waals surface area contributed by atoms with Gasteiger partial charge in [-0.3, -0.25) is 0 Å². The quantitative estimate of drug-likeness (QED) is 0.666. The van der Waals surface area contributed by atoms with E-state index in [9.17, 15) is 20.1 Å². The molecule has 3 N–H and O–H groups in total. The second-order valence-corrected chi connectivity index (χ2v) is 5.19. The number of carbonyl (C=O) groups excluding carboxylic acids is 1. The average Bonchev–Trinajstić information content (AvgIpc) is 2.94. The average molecular weight is 324 g/mol. The van der Waals surface area contributed by atoms with Crippen LogP contribution in [0.5, 0.6) is 5.75 Å². The molecule has 23 heavy (non-hydrogen) atoms. The van der Waals surface area contributed by atoms with E-state index in [1.807, 2.05) is 0 Å². The minimum Gasteiger partial charge on any atom is -0.496 e. The second-order valence-electron chi connectivity index (χ2n) is 5.19. The summed E-state index contributed by atoms with van der Waals surface area (Å²) in [4.78, 5) is 11.2. The largest absolute Gasteiger partial charge is 0.509 e. The highest BCUT2D eigenvalue weighted by atomic mass is 16.8. The van der Waals surface area contributed by atoms with Gasteiger partial charge in [0.25, 0.3) is 0 Å². The number of aliphatic hydroxyl groups is 3. The molecule has 0 radical (unpaired) electrons. The number of hydrogen-bond acceptors (Lipinski definition) is 7. The van der Waals surface area contributed by atoms with Gasteiger partial charge in [0.1, 0.15) is 11.9 Å². The standard InChI is InChI=1S/C16H20O7/c1-9(18)14-15(23-16(20)22-14)12(19)7-6-10-4-3-5-13(21-2)11(10)8-17/h3-7,9,12,14-15,17-19H,8H2,1-2H3/b7-6+/t9-,12+,14-,15+/m0/s1. The molecule has 0 bridgehead atoms. The Labute approximate surface area is 133 Å². The summed E-state index contributed by atoms with van der Waals surface area (Å²) in [5, 5.41) is 29.2. The van der Waals surface area contributed by atoms with Gasteiger partial charge in [-0.05, 0) is 18.6 Å². The van der Waals surface area contributed by atoms with E-state index >= 15 is 0 Å². The molecular formula is C16H20O7. The Kier molecular flexibility index (Phi) is 5.59. The van der Waals surface area contributed by atoms with E-state index in [2.05, 4.69) is 0 Å². The first-order chi connectivity index (χ1) is 11.0. The van der Waals surface area contributed by atoms with Crippen molar-refractivity contribution >= 4 is 12.2 Å². The number of hydrogen-bond donors (Lipinski definition) is 3. The Morgan fingerprint density at radius 1 is 1.30 bits per heavy atom. The zero-order chi connectivity index (χ0) is 17.0. The van der Waals surface area contributed by atoms with Crippen molar-refractivity contribution < 1.29 is 34.3 Å². The van der Waals surface area contributed by atoms with Crippen LogP contribution < -0.4 is 4.74 Å². The Morgan fingerprint density at radius 3 is 2.61 bits per heavy atom. The van der Waals surface area contributed by atoms with Crippen molar-refractivity contribution in [1.82, 2.24) is 0 Å². The van der Waals surface area contributed by atoms with E-state index in [0.717, 1.165) is 0 Å². The number of aliphatic hydroxyl groups excluding tert-OH is 3. The molecule has 1 aromatic rings. The summed E-state index contributed by atoms with van der Waals surface area (Å²) in [7, 11) is 1.50. The molecular weight excluding hydrogens is 304 g/mol. The molecule has 0 unspecified atom stereocenters. The highest BCUT2D eigenvalue weighted by Gasteiger charge is 2.43. The summed E-state index contributed by atoms with van der Waals surface area (Å²) in [6.07, 6.45) is -2.00. The highest BCUT2D eigenvalue weighted by molar-refractivity contribution is 5.63. The van der Waals surface area contributed by atoms with Crippen LogP contribution in [0.1, 0.15) is 18.1 Å². The second kappa shape index (κ2) is 7.45. The molecule has 4 atom stereocenters. The van der Waals surface area contributed by atoms with Gasteiger partial charge in [0, 0.05) is 5.56 Å². The zero-order valence-corrected chi connectivity index (χ0v) is 12.9. The lowest BCUT2D eigenvalue weighted by atomic mass is 10.0. The van der Waals surface area contributed by atoms with E-state index in [0.29, 0.717) is 16.9 Å². The molecule has 1 aliphatic rings. The van der Waals surface area contributed by atoms with E-state index < -0.39 is 30.6 Å². The van der Waals surface area contributed by atoms with Crippen molar-refractivity contribution in [2.24, 2.45) is 0 Å². The molecule has 1 heterocycles. The molecule has 126 valence electrons. The van der Waals surface area contributed by atoms with E-state index in [1.165, 1.54) is 20.1 Å². The SMILES string of the molecule is COc1cccc(/C=C/[C@@H](O)[C@H]2OC(=O)O[C@H]2[C@H](C)O)c1CO. The van der Waals surface area contributed by atoms with E-state index in [-0.39, 0.29) is 6.61 Å². The maximum Gasteiger partial charge on any atom is 0.509 e. The van der Waals surface area contributed by atoms with Gasteiger partial charge < -0.3 is 29.5 Å². The van der Waals surface area contributed by atoms with Gasteiger partial charge >= 0.3 is 6.16 Å². The Balaban J connectivity index is 2.18. The molecule has 0 spiro atoms. The summed E-state index contributed by atoms with van der Waals surface area (Å²) in [5.74, 6) is 0.529. The summed E-state index contributed by atoms with van der Waals surface area (Å²) in [5.41, 5.74) is 1.23. The lowest BCUT2D eigenvalue weighted by Gasteiger charge is -2.20. The van der Waals surface area contributed by atoms with Crippen molar-refractivity contribution in [3.05, 3.63) is 35.4 Å². The van der Waals surface area contributed by atoms with E-state index in [4.69, 9.17) is 14.2 Å². The van der Waals surface area contributed by atoms with E-state index in [1.54, 1.807) is 24.3 Å². The molecule has 0 aromatic heterocycles. The minimum atomic E-state index is -1.17. The number of methoxy groups -OCH3 is 1. The Hall–Kier alpha value is -2.09. The predicted molar refractivity (Wildman–Crippen MR) is 80.8 cm³/mol. The van der Waals surface area contributed by atoms with Crippen LogP contribution in [0, 0.1) is 0 Å². The summed E-state index contributed by atoms with van der Waals surface area (Å²) >= 11 is 0. The third-order valence-corrected chi connectivity index (χ3v) is 3.62. The molecule has 1 aliphatic heterocycles. The van der Waals surface area contributed by atoms with Crippen LogP contribution in [0.25, 0.3) is 6.08 Å². The van der Waals surface area contributed by atoms with Gasteiger partial charge in [0.15, 0.2) is 12.2 Å². The zero-order valence-electron chi connectivity index (χ0n) is 12.9. The molecule has 7 nitrogen and oxygen atoms in total. The third kappa shape index (κ3) is 3.82. The van der Waals surface area contributed by atoms with Gasteiger partial charge in [-0.15, -0.1) is 0 Å². The summed E-state index contributed by atoms with van der Waals surface area (Å²) < 4.78 is 14.9. The number of ether oxygens (including phenoxy) is 3. The lowest BCUT2D eigenvalue weighted by Crippen LogP contribution is -2.40. The molecule has 0 amide bonds. The minimum absolute atomic E-state index is 0.225. The van der Waals surface area contributed by atoms with Crippen LogP contribution in [0.2, 0.25) is 0 Å². The van der Waals surface area contributed by atoms with Crippen molar-refractivity contribution in [2.45, 2.75) is 37.9 Å². The van der Waals surface area contributed by atoms with Gasteiger partial charge in [-0.25, -0.2) is 4.79 Å². The molecule has 1 fully saturated rings. The molecule has 0 saturated carbocycles. The third-order valence-electron chi connectivity index (χ3n) is 3.62. The van der Waals surface area contributed by atoms with Crippen LogP contribution in [0.3, 0.4) is 0 Å². The first-order valence-corrected chi connectivity index (χ1v) is 7.16. The van der Waals surface area contributed by atoms with Crippen LogP contribution in [0.4, 0.5) is 4.79 Å². The number of carbonyl (C=O) groups is 1. The van der Waals surface area contributed by atoms with Crippen LogP contribution in [-0.2, 0) is 16.1 Å². The maximum absolute atomic E-state index is 11.2. The first kappa shape index (κ1) is 17.3. The maximum atomic E-state index is 11.2. The lowest BCUT2D eigenvalue weighted by molar-refractivity contribution is -0.0123. The highest BCUT2D eigenvalue weighted by Crippen LogP contribution is 2.25. The molecule has 1 saturated heterocycles. The van der Waals surface area contributed by atoms with Crippen LogP contribution >= 0.6 is 0 Å². The fourth-order valence-electron chi connectivity index (χ4n) is 2.43. The monoisotopic (exact) mass is 324 g/mol. The number of cyclic esters (lactones) is 2. The normalized spacial score (nSPS) is 23.4. The van der Waals surface area contributed by atoms with Gasteiger partial charge in [0.2, 0.25) is 0 Å². The predicted octanol–water partition coefficient (Wildman–Crippen LogP) is 0.846. The van der Waals surface area contributed by atoms with Crippen molar-refractivity contribution in [2.75, 3.05) is 7.11 Å². The summed E-state index contributed by atoms with van der Waals surface area (Å²) in [6, 6.07) is 5.22. The van der Waals surface area contributed by atoms with Crippen LogP contribution in [-0.4, -0.2) is 53.0 Å². The fourth-order valence-corrected chi connectivity index (χ4v) is 2.43. The molecule has 2 rings (SSSR count). The van der Waals surface area contributed by atoms with Gasteiger partial charge in [-0.2, -0.15) is 0 Å². The molecule has 1 aromatic carbocycles. The number of rotatable bonds is 6. The van der Waals surface area contributed by atoms with Gasteiger partial charge in [-0.1, -0.05) is 24.3 Å². The molecule has 7 heteroatoms. The first-order valence-electron chi connectivity index (χ1n) is 7.16. The Morgan fingerprint density at radius 2 is 2.00 bits per heavy atom. The smallest absolute Gasteiger partial charge is 0.496 e. The van der Waals surface area contributed by atoms with Crippen LogP contribution in [0.15, 0.2) is 24.3 Å². The van der Waals surface area contributed by atoms with Crippen molar-refractivity contribution in [1.29, 1.82) is 0 Å². The Bertz CT molecular complexity index is 582. The topological polar surface area (TPSA) is 105 Å². The van der Waals surface area contributed by atoms with Gasteiger partial charge in [0.05, 0.1) is 19.8 Å². The fraction of sp³-hybridized carbons (Fsp3) is 0.438. The van der Waals surface area contributed by atoms with Crippen molar-refractivity contribution in [3.8, 4) is 5.75 Å². The summed E-state index contributed by atoms with van der Waals surface area (Å²) in [6.45, 7) is 1.22. The van der Waals surface area contributed by atoms with Crippen molar-refractivity contribution in [3.63, 3.8) is 0 Å².